The number of anilines is 2. The minimum atomic E-state index is -0.224. The van der Waals surface area contributed by atoms with Gasteiger partial charge in [-0.15, -0.1) is 0 Å². The predicted octanol–water partition coefficient (Wildman–Crippen LogP) is 4.78. The minimum absolute atomic E-state index is 0.0811. The number of carbonyl (C=O) groups excluding carboxylic acids is 1. The number of ether oxygens (including phenoxy) is 1. The fourth-order valence-corrected chi connectivity index (χ4v) is 3.83. The van der Waals surface area contributed by atoms with Crippen LogP contribution in [0.3, 0.4) is 0 Å². The summed E-state index contributed by atoms with van der Waals surface area (Å²) in [7, 11) is 0. The van der Waals surface area contributed by atoms with Crippen molar-refractivity contribution in [2.75, 3.05) is 17.7 Å². The van der Waals surface area contributed by atoms with Gasteiger partial charge in [-0.3, -0.25) is 4.79 Å². The number of nitrogens with zero attached hydrogens (tertiary/aromatic N) is 1. The molecule has 0 saturated carbocycles. The van der Waals surface area contributed by atoms with Crippen LogP contribution in [0.1, 0.15) is 22.3 Å². The lowest BCUT2D eigenvalue weighted by Gasteiger charge is -2.13. The Balaban J connectivity index is 1.75. The normalized spacial score (nSPS) is 11.0. The Morgan fingerprint density at radius 1 is 1.19 bits per heavy atom. The number of nitrogens with one attached hydrogen (secondary N) is 1. The van der Waals surface area contributed by atoms with E-state index in [0.29, 0.717) is 15.9 Å². The van der Waals surface area contributed by atoms with Crippen molar-refractivity contribution in [3.05, 3.63) is 45.5 Å². The molecule has 0 aliphatic heterocycles. The fraction of sp³-hybridized carbons (Fsp3) is 0.263. The molecule has 3 N–H and O–H groups in total. The molecule has 26 heavy (non-hydrogen) atoms. The first-order valence-electron chi connectivity index (χ1n) is 8.12. The summed E-state index contributed by atoms with van der Waals surface area (Å²) in [4.78, 5) is 16.7. The zero-order chi connectivity index (χ0) is 19.0. The molecule has 5 nitrogen and oxygen atoms in total. The zero-order valence-corrected chi connectivity index (χ0v) is 16.6. The van der Waals surface area contributed by atoms with Gasteiger partial charge in [0, 0.05) is 10.7 Å². The highest BCUT2D eigenvalue weighted by Gasteiger charge is 2.14. The molecule has 0 aliphatic rings. The van der Waals surface area contributed by atoms with Gasteiger partial charge >= 0.3 is 0 Å². The van der Waals surface area contributed by atoms with Gasteiger partial charge in [0.05, 0.1) is 10.2 Å². The average molecular weight is 390 g/mol. The first kappa shape index (κ1) is 18.5. The second-order valence-corrected chi connectivity index (χ2v) is 7.71. The lowest BCUT2D eigenvalue weighted by Crippen LogP contribution is -2.21. The lowest BCUT2D eigenvalue weighted by atomic mass is 10.1. The van der Waals surface area contributed by atoms with Crippen LogP contribution in [0.15, 0.2) is 18.2 Å². The molecule has 136 valence electrons. The van der Waals surface area contributed by atoms with Gasteiger partial charge in [-0.05, 0) is 68.1 Å². The molecule has 7 heteroatoms. The summed E-state index contributed by atoms with van der Waals surface area (Å²) >= 11 is 7.57. The van der Waals surface area contributed by atoms with E-state index in [1.54, 1.807) is 0 Å². The van der Waals surface area contributed by atoms with E-state index in [4.69, 9.17) is 22.1 Å². The smallest absolute Gasteiger partial charge is 0.262 e. The van der Waals surface area contributed by atoms with Crippen molar-refractivity contribution in [1.29, 1.82) is 0 Å². The topological polar surface area (TPSA) is 77.2 Å². The number of rotatable bonds is 4. The molecule has 1 aromatic heterocycles. The summed E-state index contributed by atoms with van der Waals surface area (Å²) in [6.07, 6.45) is 0. The van der Waals surface area contributed by atoms with E-state index in [9.17, 15) is 4.79 Å². The van der Waals surface area contributed by atoms with Crippen molar-refractivity contribution in [2.24, 2.45) is 0 Å². The molecular weight excluding hydrogens is 370 g/mol. The van der Waals surface area contributed by atoms with E-state index in [0.717, 1.165) is 38.2 Å². The molecule has 0 bridgehead atoms. The summed E-state index contributed by atoms with van der Waals surface area (Å²) < 4.78 is 6.61. The number of halogens is 1. The van der Waals surface area contributed by atoms with Crippen molar-refractivity contribution in [3.8, 4) is 5.75 Å². The number of hydrogen-bond acceptors (Lipinski definition) is 5. The molecule has 3 rings (SSSR count). The molecule has 0 saturated heterocycles. The standard InChI is InChI=1S/C19H20ClN3O2S/c1-9-5-13(6-10(2)16(9)20)25-8-15(24)23-17-11(3)7-14-18(12(17)4)26-19(21)22-14/h5-7H,8H2,1-4H3,(H2,21,22)(H,23,24). The quantitative estimate of drug-likeness (QED) is 0.672. The Bertz CT molecular complexity index is 991. The van der Waals surface area contributed by atoms with Crippen LogP contribution in [-0.4, -0.2) is 17.5 Å². The average Bonchev–Trinajstić information content (AvgIpc) is 2.94. The Kier molecular flexibility index (Phi) is 5.07. The van der Waals surface area contributed by atoms with Crippen molar-refractivity contribution in [3.63, 3.8) is 0 Å². The van der Waals surface area contributed by atoms with Gasteiger partial charge < -0.3 is 15.8 Å². The summed E-state index contributed by atoms with van der Waals surface area (Å²) in [6, 6.07) is 5.58. The van der Waals surface area contributed by atoms with E-state index in [2.05, 4.69) is 10.3 Å². The number of hydrogen-bond donors (Lipinski definition) is 2. The molecule has 1 amide bonds. The first-order chi connectivity index (χ1) is 12.3. The number of benzene rings is 2. The summed E-state index contributed by atoms with van der Waals surface area (Å²) in [5.74, 6) is 0.400. The monoisotopic (exact) mass is 389 g/mol. The van der Waals surface area contributed by atoms with Gasteiger partial charge in [0.25, 0.3) is 5.91 Å². The van der Waals surface area contributed by atoms with E-state index in [-0.39, 0.29) is 12.5 Å². The van der Waals surface area contributed by atoms with Crippen LogP contribution in [0.25, 0.3) is 10.2 Å². The van der Waals surface area contributed by atoms with E-state index >= 15 is 0 Å². The van der Waals surface area contributed by atoms with E-state index in [1.165, 1.54) is 11.3 Å². The number of fused-ring (bicyclic) bond motifs is 1. The highest BCUT2D eigenvalue weighted by molar-refractivity contribution is 7.22. The van der Waals surface area contributed by atoms with E-state index < -0.39 is 0 Å². The molecule has 0 spiro atoms. The molecule has 3 aromatic rings. The lowest BCUT2D eigenvalue weighted by molar-refractivity contribution is -0.118. The van der Waals surface area contributed by atoms with Crippen molar-refractivity contribution in [1.82, 2.24) is 4.98 Å². The van der Waals surface area contributed by atoms with Crippen molar-refractivity contribution >= 4 is 49.9 Å². The van der Waals surface area contributed by atoms with Gasteiger partial charge in [-0.1, -0.05) is 22.9 Å². The molecular formula is C19H20ClN3O2S. The van der Waals surface area contributed by atoms with Crippen LogP contribution in [-0.2, 0) is 4.79 Å². The number of aromatic nitrogens is 1. The van der Waals surface area contributed by atoms with Crippen LogP contribution in [0.5, 0.6) is 5.75 Å². The summed E-state index contributed by atoms with van der Waals surface area (Å²) in [5, 5.41) is 4.17. The molecule has 1 heterocycles. The largest absolute Gasteiger partial charge is 0.484 e. The number of nitrogen functional groups attached to an aromatic ring is 1. The number of thiazole rings is 1. The van der Waals surface area contributed by atoms with Crippen molar-refractivity contribution in [2.45, 2.75) is 27.7 Å². The van der Waals surface area contributed by atoms with E-state index in [1.807, 2.05) is 45.9 Å². The number of amides is 1. The summed E-state index contributed by atoms with van der Waals surface area (Å²) in [5.41, 5.74) is 11.2. The maximum Gasteiger partial charge on any atom is 0.262 e. The second kappa shape index (κ2) is 7.13. The maximum atomic E-state index is 12.4. The molecule has 0 fully saturated rings. The Labute approximate surface area is 161 Å². The molecule has 0 unspecified atom stereocenters. The van der Waals surface area contributed by atoms with Gasteiger partial charge in [0.2, 0.25) is 0 Å². The molecule has 0 aliphatic carbocycles. The Hall–Kier alpha value is -2.31. The maximum absolute atomic E-state index is 12.4. The number of aryl methyl sites for hydroxylation is 4. The van der Waals surface area contributed by atoms with Crippen molar-refractivity contribution < 1.29 is 9.53 Å². The van der Waals surface area contributed by atoms with Gasteiger partial charge in [0.1, 0.15) is 5.75 Å². The third-order valence-electron chi connectivity index (χ3n) is 4.18. The first-order valence-corrected chi connectivity index (χ1v) is 9.31. The van der Waals surface area contributed by atoms with Crippen LogP contribution < -0.4 is 15.8 Å². The van der Waals surface area contributed by atoms with Crippen LogP contribution in [0, 0.1) is 27.7 Å². The Morgan fingerprint density at radius 2 is 1.85 bits per heavy atom. The molecule has 0 atom stereocenters. The minimum Gasteiger partial charge on any atom is -0.484 e. The molecule has 0 radical (unpaired) electrons. The van der Waals surface area contributed by atoms with Crippen LogP contribution in [0.2, 0.25) is 5.02 Å². The third kappa shape index (κ3) is 3.61. The fourth-order valence-electron chi connectivity index (χ4n) is 2.91. The zero-order valence-electron chi connectivity index (χ0n) is 15.1. The number of nitrogens with two attached hydrogens (primary N) is 1. The van der Waals surface area contributed by atoms with Gasteiger partial charge in [0.15, 0.2) is 11.7 Å². The highest BCUT2D eigenvalue weighted by atomic mass is 35.5. The van der Waals surface area contributed by atoms with Crippen LogP contribution in [0.4, 0.5) is 10.8 Å². The third-order valence-corrected chi connectivity index (χ3v) is 5.79. The predicted molar refractivity (Wildman–Crippen MR) is 109 cm³/mol. The SMILES string of the molecule is Cc1cc(OCC(=O)Nc2c(C)cc3nc(N)sc3c2C)cc(C)c1Cl. The van der Waals surface area contributed by atoms with Gasteiger partial charge in [-0.25, -0.2) is 4.98 Å². The molecule has 2 aromatic carbocycles. The van der Waals surface area contributed by atoms with Gasteiger partial charge in [-0.2, -0.15) is 0 Å². The second-order valence-electron chi connectivity index (χ2n) is 6.30. The highest BCUT2D eigenvalue weighted by Crippen LogP contribution is 2.34. The summed E-state index contributed by atoms with van der Waals surface area (Å²) in [6.45, 7) is 7.62. The van der Waals surface area contributed by atoms with Crippen LogP contribution >= 0.6 is 22.9 Å². The Morgan fingerprint density at radius 3 is 2.50 bits per heavy atom. The number of carbonyl (C=O) groups is 1.